The van der Waals surface area contributed by atoms with E-state index in [2.05, 4.69) is 5.32 Å². The fraction of sp³-hybridized carbons (Fsp3) is 0.176. The van der Waals surface area contributed by atoms with E-state index in [9.17, 15) is 24.1 Å². The number of anilines is 1. The van der Waals surface area contributed by atoms with Crippen LogP contribution >= 0.6 is 0 Å². The number of nitro groups is 1. The van der Waals surface area contributed by atoms with E-state index in [1.165, 1.54) is 20.1 Å². The summed E-state index contributed by atoms with van der Waals surface area (Å²) in [6, 6.07) is 7.80. The van der Waals surface area contributed by atoms with E-state index in [0.717, 1.165) is 12.1 Å². The van der Waals surface area contributed by atoms with Gasteiger partial charge in [-0.15, -0.1) is 0 Å². The van der Waals surface area contributed by atoms with Crippen molar-refractivity contribution in [3.8, 4) is 5.75 Å². The van der Waals surface area contributed by atoms with Crippen LogP contribution in [-0.2, 0) is 11.2 Å². The first-order chi connectivity index (χ1) is 11.8. The number of nitro benzene ring substituents is 1. The maximum Gasteiger partial charge on any atom is 0.306 e. The zero-order chi connectivity index (χ0) is 18.6. The Morgan fingerprint density at radius 1 is 1.24 bits per heavy atom. The normalized spacial score (nSPS) is 10.2. The summed E-state index contributed by atoms with van der Waals surface area (Å²) >= 11 is 0. The third-order valence-corrected chi connectivity index (χ3v) is 3.46. The third kappa shape index (κ3) is 4.37. The number of nitrogens with zero attached hydrogens (tertiary/aromatic N) is 1. The van der Waals surface area contributed by atoms with Crippen LogP contribution in [0, 0.1) is 15.9 Å². The van der Waals surface area contributed by atoms with Crippen LogP contribution in [0.5, 0.6) is 5.75 Å². The number of carbonyl (C=O) groups is 2. The van der Waals surface area contributed by atoms with Crippen molar-refractivity contribution < 1.29 is 23.6 Å². The van der Waals surface area contributed by atoms with Gasteiger partial charge in [-0.1, -0.05) is 0 Å². The number of benzene rings is 2. The molecule has 1 N–H and O–H groups in total. The average molecular weight is 346 g/mol. The lowest BCUT2D eigenvalue weighted by Gasteiger charge is -2.10. The average Bonchev–Trinajstić information content (AvgIpc) is 2.56. The highest BCUT2D eigenvalue weighted by Gasteiger charge is 2.16. The van der Waals surface area contributed by atoms with Gasteiger partial charge in [0, 0.05) is 22.9 Å². The number of hydrogen-bond acceptors (Lipinski definition) is 5. The molecule has 0 aliphatic heterocycles. The molecule has 2 aromatic rings. The summed E-state index contributed by atoms with van der Waals surface area (Å²) in [5.41, 5.74) is 0.291. The van der Waals surface area contributed by atoms with Crippen LogP contribution < -0.4 is 10.1 Å². The van der Waals surface area contributed by atoms with Crippen molar-refractivity contribution in [1.82, 2.24) is 0 Å². The second-order valence-electron chi connectivity index (χ2n) is 5.23. The molecule has 1 amide bonds. The van der Waals surface area contributed by atoms with Crippen LogP contribution in [0.3, 0.4) is 0 Å². The molecule has 0 saturated heterocycles. The van der Waals surface area contributed by atoms with E-state index in [1.54, 1.807) is 18.2 Å². The van der Waals surface area contributed by atoms with Gasteiger partial charge in [-0.05, 0) is 37.3 Å². The van der Waals surface area contributed by atoms with Gasteiger partial charge in [0.05, 0.1) is 18.5 Å². The zero-order valence-corrected chi connectivity index (χ0v) is 13.5. The molecule has 0 unspecified atom stereocenters. The molecule has 0 aliphatic rings. The molecular weight excluding hydrogens is 331 g/mol. The van der Waals surface area contributed by atoms with Crippen LogP contribution in [-0.4, -0.2) is 23.7 Å². The number of nitrogens with one attached hydrogen (secondary N) is 1. The van der Waals surface area contributed by atoms with Crippen molar-refractivity contribution in [2.24, 2.45) is 0 Å². The molecule has 8 heteroatoms. The summed E-state index contributed by atoms with van der Waals surface area (Å²) in [4.78, 5) is 33.5. The Hall–Kier alpha value is -3.29. The van der Waals surface area contributed by atoms with Crippen LogP contribution in [0.15, 0.2) is 36.4 Å². The maximum absolute atomic E-state index is 13.3. The minimum atomic E-state index is -0.987. The zero-order valence-electron chi connectivity index (χ0n) is 13.5. The number of halogens is 1. The van der Waals surface area contributed by atoms with Crippen molar-refractivity contribution in [1.29, 1.82) is 0 Å². The SMILES string of the molecule is COc1ccc(C(C)=O)cc1CC(=O)Nc1ccc(F)c([N+](=O)[O-])c1. The molecule has 0 saturated carbocycles. The number of hydrogen-bond donors (Lipinski definition) is 1. The number of amides is 1. The molecule has 0 spiro atoms. The quantitative estimate of drug-likeness (QED) is 0.492. The Morgan fingerprint density at radius 2 is 1.96 bits per heavy atom. The third-order valence-electron chi connectivity index (χ3n) is 3.46. The molecule has 0 fully saturated rings. The van der Waals surface area contributed by atoms with E-state index in [1.807, 2.05) is 0 Å². The lowest BCUT2D eigenvalue weighted by atomic mass is 10.0. The van der Waals surface area contributed by atoms with E-state index < -0.39 is 22.3 Å². The predicted molar refractivity (Wildman–Crippen MR) is 88.4 cm³/mol. The van der Waals surface area contributed by atoms with E-state index in [4.69, 9.17) is 4.74 Å². The molecule has 0 bridgehead atoms. The molecule has 0 heterocycles. The molecular formula is C17H15FN2O5. The number of ether oxygens (including phenoxy) is 1. The van der Waals surface area contributed by atoms with Gasteiger partial charge in [-0.2, -0.15) is 4.39 Å². The standard InChI is InChI=1S/C17H15FN2O5/c1-10(21)11-3-6-16(25-2)12(7-11)8-17(22)19-13-4-5-14(18)15(9-13)20(23)24/h3-7,9H,8H2,1-2H3,(H,19,22). The topological polar surface area (TPSA) is 98.5 Å². The van der Waals surface area contributed by atoms with Crippen molar-refractivity contribution in [2.75, 3.05) is 12.4 Å². The molecule has 0 radical (unpaired) electrons. The van der Waals surface area contributed by atoms with Gasteiger partial charge in [0.1, 0.15) is 5.75 Å². The maximum atomic E-state index is 13.3. The minimum absolute atomic E-state index is 0.0970. The highest BCUT2D eigenvalue weighted by molar-refractivity contribution is 5.96. The second-order valence-corrected chi connectivity index (χ2v) is 5.23. The molecule has 25 heavy (non-hydrogen) atoms. The minimum Gasteiger partial charge on any atom is -0.496 e. The Morgan fingerprint density at radius 3 is 2.56 bits per heavy atom. The van der Waals surface area contributed by atoms with E-state index in [0.29, 0.717) is 16.9 Å². The summed E-state index contributed by atoms with van der Waals surface area (Å²) in [5, 5.41) is 13.2. The summed E-state index contributed by atoms with van der Waals surface area (Å²) in [6.07, 6.45) is -0.116. The molecule has 7 nitrogen and oxygen atoms in total. The van der Waals surface area contributed by atoms with Gasteiger partial charge in [0.15, 0.2) is 5.78 Å². The number of carbonyl (C=O) groups excluding carboxylic acids is 2. The largest absolute Gasteiger partial charge is 0.496 e. The van der Waals surface area contributed by atoms with Gasteiger partial charge in [-0.3, -0.25) is 19.7 Å². The Balaban J connectivity index is 2.20. The number of Topliss-reactive ketones (excluding diaryl/α,β-unsaturated/α-hetero) is 1. The van der Waals surface area contributed by atoms with Crippen LogP contribution in [0.2, 0.25) is 0 Å². The van der Waals surface area contributed by atoms with Gasteiger partial charge in [0.2, 0.25) is 11.7 Å². The summed E-state index contributed by atoms with van der Waals surface area (Å²) in [6.45, 7) is 1.41. The molecule has 0 atom stereocenters. The summed E-state index contributed by atoms with van der Waals surface area (Å²) in [7, 11) is 1.44. The Labute approximate surface area is 142 Å². The lowest BCUT2D eigenvalue weighted by molar-refractivity contribution is -0.387. The Kier molecular flexibility index (Phi) is 5.43. The van der Waals surface area contributed by atoms with Gasteiger partial charge >= 0.3 is 5.69 Å². The first kappa shape index (κ1) is 18.1. The van der Waals surface area contributed by atoms with Gasteiger partial charge in [0.25, 0.3) is 0 Å². The van der Waals surface area contributed by atoms with Gasteiger partial charge in [-0.25, -0.2) is 0 Å². The van der Waals surface area contributed by atoms with Crippen molar-refractivity contribution in [3.05, 3.63) is 63.5 Å². The van der Waals surface area contributed by atoms with E-state index >= 15 is 0 Å². The van der Waals surface area contributed by atoms with Crippen LogP contribution in [0.1, 0.15) is 22.8 Å². The summed E-state index contributed by atoms with van der Waals surface area (Å²) in [5.74, 6) is -1.19. The predicted octanol–water partition coefficient (Wildman–Crippen LogP) is 3.13. The van der Waals surface area contributed by atoms with Crippen LogP contribution in [0.4, 0.5) is 15.8 Å². The van der Waals surface area contributed by atoms with Crippen LogP contribution in [0.25, 0.3) is 0 Å². The highest BCUT2D eigenvalue weighted by atomic mass is 19.1. The first-order valence-electron chi connectivity index (χ1n) is 7.23. The molecule has 0 aliphatic carbocycles. The molecule has 2 aromatic carbocycles. The Bertz CT molecular complexity index is 851. The van der Waals surface area contributed by atoms with Crippen molar-refractivity contribution in [2.45, 2.75) is 13.3 Å². The second kappa shape index (κ2) is 7.52. The monoisotopic (exact) mass is 346 g/mol. The first-order valence-corrected chi connectivity index (χ1v) is 7.23. The van der Waals surface area contributed by atoms with E-state index in [-0.39, 0.29) is 17.9 Å². The molecule has 130 valence electrons. The smallest absolute Gasteiger partial charge is 0.306 e. The molecule has 2 rings (SSSR count). The molecule has 0 aromatic heterocycles. The summed E-state index contributed by atoms with van der Waals surface area (Å²) < 4.78 is 18.5. The van der Waals surface area contributed by atoms with Crippen molar-refractivity contribution >= 4 is 23.1 Å². The van der Waals surface area contributed by atoms with Crippen molar-refractivity contribution in [3.63, 3.8) is 0 Å². The number of methoxy groups -OCH3 is 1. The number of ketones is 1. The van der Waals surface area contributed by atoms with Gasteiger partial charge < -0.3 is 10.1 Å². The highest BCUT2D eigenvalue weighted by Crippen LogP contribution is 2.23. The fourth-order valence-electron chi connectivity index (χ4n) is 2.24. The number of rotatable bonds is 6. The lowest BCUT2D eigenvalue weighted by Crippen LogP contribution is -2.15. The fourth-order valence-corrected chi connectivity index (χ4v) is 2.24.